The molecule has 1 aliphatic rings. The highest BCUT2D eigenvalue weighted by Gasteiger charge is 2.22. The Labute approximate surface area is 74.6 Å². The summed E-state index contributed by atoms with van der Waals surface area (Å²) in [6.07, 6.45) is 0.634. The van der Waals surface area contributed by atoms with E-state index in [1.54, 1.807) is 0 Å². The monoisotopic (exact) mass is 185 g/mol. The van der Waals surface area contributed by atoms with E-state index in [1.165, 1.54) is 11.3 Å². The van der Waals surface area contributed by atoms with E-state index in [-0.39, 0.29) is 6.10 Å². The molecule has 2 rings (SSSR count). The van der Waals surface area contributed by atoms with Crippen LogP contribution in [0.15, 0.2) is 5.38 Å². The fourth-order valence-electron chi connectivity index (χ4n) is 1.34. The second-order valence-corrected chi connectivity index (χ2v) is 3.78. The molecule has 0 aliphatic carbocycles. The first-order valence-corrected chi connectivity index (χ1v) is 4.77. The Morgan fingerprint density at radius 1 is 1.75 bits per heavy atom. The molecular formula is C7H11N3OS. The zero-order valence-corrected chi connectivity index (χ0v) is 7.42. The number of aliphatic hydroxyl groups is 1. The highest BCUT2D eigenvalue weighted by Crippen LogP contribution is 2.25. The van der Waals surface area contributed by atoms with Crippen LogP contribution in [0.1, 0.15) is 6.42 Å². The lowest BCUT2D eigenvalue weighted by atomic mass is 10.3. The zero-order chi connectivity index (χ0) is 8.55. The van der Waals surface area contributed by atoms with Crippen LogP contribution in [-0.4, -0.2) is 29.3 Å². The van der Waals surface area contributed by atoms with Gasteiger partial charge in [0.1, 0.15) is 5.82 Å². The molecule has 1 fully saturated rings. The highest BCUT2D eigenvalue weighted by molar-refractivity contribution is 7.14. The summed E-state index contributed by atoms with van der Waals surface area (Å²) >= 11 is 1.53. The fourth-order valence-corrected chi connectivity index (χ4v) is 2.09. The van der Waals surface area contributed by atoms with E-state index in [0.717, 1.165) is 18.1 Å². The second kappa shape index (κ2) is 2.91. The molecule has 1 aromatic rings. The van der Waals surface area contributed by atoms with Crippen molar-refractivity contribution in [2.75, 3.05) is 23.7 Å². The lowest BCUT2D eigenvalue weighted by Crippen LogP contribution is -2.20. The Balaban J connectivity index is 2.11. The molecule has 0 bridgehead atoms. The topological polar surface area (TPSA) is 62.4 Å². The maximum atomic E-state index is 9.27. The van der Waals surface area contributed by atoms with Gasteiger partial charge >= 0.3 is 0 Å². The van der Waals surface area contributed by atoms with Crippen LogP contribution in [-0.2, 0) is 0 Å². The van der Waals surface area contributed by atoms with Crippen molar-refractivity contribution in [3.05, 3.63) is 5.38 Å². The maximum Gasteiger partial charge on any atom is 0.187 e. The molecule has 12 heavy (non-hydrogen) atoms. The second-order valence-electron chi connectivity index (χ2n) is 2.94. The van der Waals surface area contributed by atoms with Gasteiger partial charge in [0.15, 0.2) is 5.13 Å². The van der Waals surface area contributed by atoms with Gasteiger partial charge in [0.2, 0.25) is 0 Å². The Bertz CT molecular complexity index is 275. The molecule has 0 amide bonds. The molecule has 0 unspecified atom stereocenters. The van der Waals surface area contributed by atoms with Crippen LogP contribution in [0.3, 0.4) is 0 Å². The van der Waals surface area contributed by atoms with Crippen LogP contribution < -0.4 is 10.6 Å². The van der Waals surface area contributed by atoms with E-state index >= 15 is 0 Å². The Hall–Kier alpha value is -0.810. The number of aliphatic hydroxyl groups excluding tert-OH is 1. The van der Waals surface area contributed by atoms with Crippen molar-refractivity contribution in [1.82, 2.24) is 4.98 Å². The van der Waals surface area contributed by atoms with Gasteiger partial charge in [-0.15, -0.1) is 11.3 Å². The van der Waals surface area contributed by atoms with E-state index < -0.39 is 0 Å². The Kier molecular flexibility index (Phi) is 1.90. The first-order valence-electron chi connectivity index (χ1n) is 3.90. The number of thiazole rings is 1. The van der Waals surface area contributed by atoms with Crippen LogP contribution in [0.25, 0.3) is 0 Å². The Morgan fingerprint density at radius 2 is 2.58 bits per heavy atom. The summed E-state index contributed by atoms with van der Waals surface area (Å²) in [6.45, 7) is 1.57. The summed E-state index contributed by atoms with van der Waals surface area (Å²) in [5.74, 6) is 0.566. The predicted molar refractivity (Wildman–Crippen MR) is 49.4 cm³/mol. The molecule has 0 radical (unpaired) electrons. The minimum absolute atomic E-state index is 0.199. The quantitative estimate of drug-likeness (QED) is 0.660. The van der Waals surface area contributed by atoms with E-state index in [0.29, 0.717) is 12.4 Å². The molecule has 1 aliphatic heterocycles. The van der Waals surface area contributed by atoms with E-state index in [4.69, 9.17) is 5.73 Å². The zero-order valence-electron chi connectivity index (χ0n) is 6.60. The van der Waals surface area contributed by atoms with Gasteiger partial charge in [-0.2, -0.15) is 0 Å². The van der Waals surface area contributed by atoms with E-state index in [1.807, 2.05) is 5.38 Å². The molecule has 1 saturated heterocycles. The lowest BCUT2D eigenvalue weighted by Gasteiger charge is -2.12. The van der Waals surface area contributed by atoms with Gasteiger partial charge in [-0.3, -0.25) is 0 Å². The molecule has 0 saturated carbocycles. The molecule has 2 heterocycles. The number of nitrogen functional groups attached to an aromatic ring is 1. The van der Waals surface area contributed by atoms with Crippen molar-refractivity contribution in [1.29, 1.82) is 0 Å². The van der Waals surface area contributed by atoms with Crippen molar-refractivity contribution >= 4 is 22.3 Å². The third-order valence-electron chi connectivity index (χ3n) is 1.94. The van der Waals surface area contributed by atoms with Crippen molar-refractivity contribution in [3.8, 4) is 0 Å². The number of β-amino-alcohol motifs (C(OH)–C–C–N with tert-alkyl or cyclic N) is 1. The van der Waals surface area contributed by atoms with Crippen molar-refractivity contribution in [2.24, 2.45) is 0 Å². The van der Waals surface area contributed by atoms with Gasteiger partial charge in [0, 0.05) is 18.5 Å². The average molecular weight is 185 g/mol. The standard InChI is InChI=1S/C7H11N3OS/c8-6-4-12-7(9-6)10-2-1-5(11)3-10/h4-5,11H,1-3,8H2/t5-/m0/s1. The fraction of sp³-hybridized carbons (Fsp3) is 0.571. The molecule has 0 aromatic carbocycles. The van der Waals surface area contributed by atoms with Crippen molar-refractivity contribution < 1.29 is 5.11 Å². The molecule has 5 heteroatoms. The SMILES string of the molecule is Nc1csc(N2CC[C@H](O)C2)n1. The van der Waals surface area contributed by atoms with Crippen LogP contribution in [0.4, 0.5) is 10.9 Å². The van der Waals surface area contributed by atoms with E-state index in [2.05, 4.69) is 9.88 Å². The molecule has 66 valence electrons. The number of anilines is 2. The number of nitrogens with zero attached hydrogens (tertiary/aromatic N) is 2. The van der Waals surface area contributed by atoms with Gasteiger partial charge in [-0.1, -0.05) is 0 Å². The summed E-state index contributed by atoms with van der Waals surface area (Å²) < 4.78 is 0. The summed E-state index contributed by atoms with van der Waals surface area (Å²) in [7, 11) is 0. The summed E-state index contributed by atoms with van der Waals surface area (Å²) in [5, 5.41) is 12.0. The van der Waals surface area contributed by atoms with Crippen molar-refractivity contribution in [3.63, 3.8) is 0 Å². The van der Waals surface area contributed by atoms with Crippen LogP contribution in [0, 0.1) is 0 Å². The third kappa shape index (κ3) is 1.37. The maximum absolute atomic E-state index is 9.27. The van der Waals surface area contributed by atoms with Crippen molar-refractivity contribution in [2.45, 2.75) is 12.5 Å². The molecule has 1 aromatic heterocycles. The van der Waals surface area contributed by atoms with Gasteiger partial charge < -0.3 is 15.7 Å². The number of hydrogen-bond donors (Lipinski definition) is 2. The lowest BCUT2D eigenvalue weighted by molar-refractivity contribution is 0.198. The van der Waals surface area contributed by atoms with Crippen LogP contribution in [0.2, 0.25) is 0 Å². The van der Waals surface area contributed by atoms with Gasteiger partial charge in [-0.25, -0.2) is 4.98 Å². The minimum Gasteiger partial charge on any atom is -0.391 e. The Morgan fingerprint density at radius 3 is 3.08 bits per heavy atom. The number of rotatable bonds is 1. The number of nitrogens with two attached hydrogens (primary N) is 1. The van der Waals surface area contributed by atoms with Gasteiger partial charge in [0.05, 0.1) is 6.10 Å². The van der Waals surface area contributed by atoms with Crippen LogP contribution >= 0.6 is 11.3 Å². The number of aromatic nitrogens is 1. The first-order chi connectivity index (χ1) is 5.75. The third-order valence-corrected chi connectivity index (χ3v) is 2.86. The van der Waals surface area contributed by atoms with E-state index in [9.17, 15) is 5.11 Å². The molecule has 4 nitrogen and oxygen atoms in total. The molecular weight excluding hydrogens is 174 g/mol. The largest absolute Gasteiger partial charge is 0.391 e. The summed E-state index contributed by atoms with van der Waals surface area (Å²) in [5.41, 5.74) is 5.49. The summed E-state index contributed by atoms with van der Waals surface area (Å²) in [4.78, 5) is 6.20. The summed E-state index contributed by atoms with van der Waals surface area (Å²) in [6, 6.07) is 0. The molecule has 3 N–H and O–H groups in total. The average Bonchev–Trinajstić information content (AvgIpc) is 2.58. The molecule has 1 atom stereocenters. The van der Waals surface area contributed by atoms with Gasteiger partial charge in [-0.05, 0) is 6.42 Å². The normalized spacial score (nSPS) is 23.4. The minimum atomic E-state index is -0.199. The van der Waals surface area contributed by atoms with Gasteiger partial charge in [0.25, 0.3) is 0 Å². The smallest absolute Gasteiger partial charge is 0.187 e. The highest BCUT2D eigenvalue weighted by atomic mass is 32.1. The van der Waals surface area contributed by atoms with Crippen LogP contribution in [0.5, 0.6) is 0 Å². The first kappa shape index (κ1) is 7.82. The molecule has 0 spiro atoms. The predicted octanol–water partition coefficient (Wildman–Crippen LogP) is 0.296. The number of hydrogen-bond acceptors (Lipinski definition) is 5.